The van der Waals surface area contributed by atoms with Crippen LogP contribution < -0.4 is 21.3 Å². The number of carbonyl (C=O) groups is 2. The molecule has 1 saturated heterocycles. The van der Waals surface area contributed by atoms with Gasteiger partial charge in [-0.15, -0.1) is 0 Å². The molecule has 0 aromatic carbocycles. The summed E-state index contributed by atoms with van der Waals surface area (Å²) in [4.78, 5) is 25.9. The second-order valence-electron chi connectivity index (χ2n) is 6.22. The van der Waals surface area contributed by atoms with Gasteiger partial charge in [0.25, 0.3) is 5.91 Å². The summed E-state index contributed by atoms with van der Waals surface area (Å²) in [5.41, 5.74) is 0.441. The molecule has 3 aliphatic heterocycles. The minimum atomic E-state index is -0.659. The largest absolute Gasteiger partial charge is 0.394 e. The van der Waals surface area contributed by atoms with E-state index in [1.54, 1.807) is 13.8 Å². The molecule has 5 N–H and O–H groups in total. The molecule has 9 heteroatoms. The summed E-state index contributed by atoms with van der Waals surface area (Å²) in [5, 5.41) is 20.8. The third kappa shape index (κ3) is 3.06. The van der Waals surface area contributed by atoms with Crippen molar-refractivity contribution in [3.8, 4) is 0 Å². The molecule has 23 heavy (non-hydrogen) atoms. The van der Waals surface area contributed by atoms with Gasteiger partial charge >= 0.3 is 0 Å². The first-order valence-corrected chi connectivity index (χ1v) is 7.88. The number of carbonyl (C=O) groups excluding carboxylic acids is 2. The van der Waals surface area contributed by atoms with Crippen molar-refractivity contribution in [2.45, 2.75) is 45.3 Å². The first-order valence-electron chi connectivity index (χ1n) is 7.88. The maximum atomic E-state index is 12.2. The lowest BCUT2D eigenvalue weighted by Gasteiger charge is -2.33. The molecule has 0 spiro atoms. The number of ether oxygens (including phenoxy) is 1. The molecule has 9 nitrogen and oxygen atoms in total. The Kier molecular flexibility index (Phi) is 4.31. The number of nitrogens with zero attached hydrogens (tertiary/aromatic N) is 1. The molecule has 0 aromatic heterocycles. The van der Waals surface area contributed by atoms with Crippen molar-refractivity contribution < 1.29 is 19.4 Å². The van der Waals surface area contributed by atoms with Crippen LogP contribution in [0.5, 0.6) is 0 Å². The zero-order valence-corrected chi connectivity index (χ0v) is 13.3. The molecular formula is C14H23N5O4. The Labute approximate surface area is 134 Å². The SMILES string of the molecule is CC(C)C(=O)NC1NC(=O)C2=C(N1)N(C1CC[C@@H](CO)O1)CN2. The molecule has 3 aliphatic rings. The van der Waals surface area contributed by atoms with Gasteiger partial charge in [-0.1, -0.05) is 13.8 Å². The molecule has 2 unspecified atom stereocenters. The quantitative estimate of drug-likeness (QED) is 0.418. The van der Waals surface area contributed by atoms with Gasteiger partial charge in [0.05, 0.1) is 19.4 Å². The van der Waals surface area contributed by atoms with Gasteiger partial charge in [-0.05, 0) is 12.8 Å². The van der Waals surface area contributed by atoms with Gasteiger partial charge in [0, 0.05) is 5.92 Å². The number of nitrogens with one attached hydrogen (secondary N) is 4. The smallest absolute Gasteiger partial charge is 0.274 e. The second kappa shape index (κ2) is 6.25. The Hall–Kier alpha value is -2.00. The van der Waals surface area contributed by atoms with Crippen molar-refractivity contribution in [3.63, 3.8) is 0 Å². The van der Waals surface area contributed by atoms with Crippen molar-refractivity contribution in [2.75, 3.05) is 13.3 Å². The molecule has 0 aromatic rings. The average molecular weight is 325 g/mol. The number of aliphatic hydroxyl groups is 1. The Morgan fingerprint density at radius 1 is 1.43 bits per heavy atom. The molecule has 3 atom stereocenters. The van der Waals surface area contributed by atoms with E-state index in [4.69, 9.17) is 4.74 Å². The lowest BCUT2D eigenvalue weighted by molar-refractivity contribution is -0.126. The van der Waals surface area contributed by atoms with E-state index >= 15 is 0 Å². The van der Waals surface area contributed by atoms with E-state index in [0.29, 0.717) is 18.2 Å². The number of rotatable bonds is 4. The number of aliphatic hydroxyl groups excluding tert-OH is 1. The molecule has 2 amide bonds. The van der Waals surface area contributed by atoms with Gasteiger partial charge < -0.3 is 36.0 Å². The van der Waals surface area contributed by atoms with Crippen LogP contribution in [0.25, 0.3) is 0 Å². The first kappa shape index (κ1) is 15.9. The zero-order chi connectivity index (χ0) is 16.6. The van der Waals surface area contributed by atoms with Crippen LogP contribution in [0.4, 0.5) is 0 Å². The van der Waals surface area contributed by atoms with Gasteiger partial charge in [-0.3, -0.25) is 9.59 Å². The standard InChI is InChI=1S/C14H23N5O4/c1-7(2)12(21)17-14-16-11-10(13(22)18-14)15-6-19(11)9-4-3-8(5-20)23-9/h7-9,14-16,20H,3-6H2,1-2H3,(H,17,21)(H,18,22)/t8-,9?,14?/m0/s1. The number of hydrogen-bond donors (Lipinski definition) is 5. The van der Waals surface area contributed by atoms with Gasteiger partial charge in [0.1, 0.15) is 17.7 Å². The molecule has 0 saturated carbocycles. The van der Waals surface area contributed by atoms with Crippen molar-refractivity contribution in [1.29, 1.82) is 0 Å². The van der Waals surface area contributed by atoms with Crippen LogP contribution in [-0.2, 0) is 14.3 Å². The van der Waals surface area contributed by atoms with Crippen molar-refractivity contribution in [3.05, 3.63) is 11.5 Å². The first-order chi connectivity index (χ1) is 11.0. The van der Waals surface area contributed by atoms with Crippen LogP contribution >= 0.6 is 0 Å². The minimum Gasteiger partial charge on any atom is -0.394 e. The second-order valence-corrected chi connectivity index (χ2v) is 6.22. The molecule has 3 rings (SSSR count). The highest BCUT2D eigenvalue weighted by Gasteiger charge is 2.40. The average Bonchev–Trinajstić information content (AvgIpc) is 3.12. The molecule has 0 aliphatic carbocycles. The van der Waals surface area contributed by atoms with E-state index < -0.39 is 6.29 Å². The van der Waals surface area contributed by atoms with E-state index in [1.165, 1.54) is 0 Å². The summed E-state index contributed by atoms with van der Waals surface area (Å²) in [5.74, 6) is 0.0191. The Balaban J connectivity index is 1.70. The van der Waals surface area contributed by atoms with E-state index in [9.17, 15) is 14.7 Å². The summed E-state index contributed by atoms with van der Waals surface area (Å²) >= 11 is 0. The van der Waals surface area contributed by atoms with Gasteiger partial charge in [0.2, 0.25) is 5.91 Å². The molecule has 3 heterocycles. The van der Waals surface area contributed by atoms with Gasteiger partial charge in [-0.25, -0.2) is 0 Å². The Morgan fingerprint density at radius 3 is 2.87 bits per heavy atom. The van der Waals surface area contributed by atoms with E-state index in [0.717, 1.165) is 12.8 Å². The van der Waals surface area contributed by atoms with E-state index in [-0.39, 0.29) is 36.7 Å². The van der Waals surface area contributed by atoms with E-state index in [2.05, 4.69) is 21.3 Å². The van der Waals surface area contributed by atoms with Gasteiger partial charge in [0.15, 0.2) is 6.29 Å². The third-order valence-corrected chi connectivity index (χ3v) is 4.18. The fourth-order valence-electron chi connectivity index (χ4n) is 2.87. The molecule has 1 fully saturated rings. The topological polar surface area (TPSA) is 115 Å². The molecule has 128 valence electrons. The summed E-state index contributed by atoms with van der Waals surface area (Å²) in [6, 6.07) is 0. The Bertz CT molecular complexity index is 535. The lowest BCUT2D eigenvalue weighted by atomic mass is 10.2. The minimum absolute atomic E-state index is 0.00927. The third-order valence-electron chi connectivity index (χ3n) is 4.18. The maximum absolute atomic E-state index is 12.2. The van der Waals surface area contributed by atoms with Crippen LogP contribution in [0.2, 0.25) is 0 Å². The van der Waals surface area contributed by atoms with Crippen LogP contribution in [0.15, 0.2) is 11.5 Å². The fraction of sp³-hybridized carbons (Fsp3) is 0.714. The van der Waals surface area contributed by atoms with Crippen LogP contribution in [0.1, 0.15) is 26.7 Å². The highest BCUT2D eigenvalue weighted by molar-refractivity contribution is 5.95. The van der Waals surface area contributed by atoms with Crippen LogP contribution in [0, 0.1) is 5.92 Å². The van der Waals surface area contributed by atoms with Crippen LogP contribution in [-0.4, -0.2) is 53.7 Å². The maximum Gasteiger partial charge on any atom is 0.274 e. The lowest BCUT2D eigenvalue weighted by Crippen LogP contribution is -2.61. The monoisotopic (exact) mass is 325 g/mol. The normalized spacial score (nSPS) is 30.0. The summed E-state index contributed by atoms with van der Waals surface area (Å²) in [6.45, 7) is 4.01. The predicted octanol–water partition coefficient (Wildman–Crippen LogP) is -1.71. The molecular weight excluding hydrogens is 302 g/mol. The fourth-order valence-corrected chi connectivity index (χ4v) is 2.87. The number of amides is 2. The predicted molar refractivity (Wildman–Crippen MR) is 79.9 cm³/mol. The summed E-state index contributed by atoms with van der Waals surface area (Å²) in [7, 11) is 0. The van der Waals surface area contributed by atoms with Crippen LogP contribution in [0.3, 0.4) is 0 Å². The summed E-state index contributed by atoms with van der Waals surface area (Å²) < 4.78 is 5.78. The van der Waals surface area contributed by atoms with Crippen molar-refractivity contribution in [2.24, 2.45) is 5.92 Å². The van der Waals surface area contributed by atoms with Crippen molar-refractivity contribution >= 4 is 11.8 Å². The van der Waals surface area contributed by atoms with E-state index in [1.807, 2.05) is 4.90 Å². The molecule has 0 bridgehead atoms. The highest BCUT2D eigenvalue weighted by Crippen LogP contribution is 2.28. The number of hydrogen-bond acceptors (Lipinski definition) is 7. The summed E-state index contributed by atoms with van der Waals surface area (Å²) in [6.07, 6.45) is 0.523. The Morgan fingerprint density at radius 2 is 2.22 bits per heavy atom. The zero-order valence-electron chi connectivity index (χ0n) is 13.3. The van der Waals surface area contributed by atoms with Gasteiger partial charge in [-0.2, -0.15) is 0 Å². The van der Waals surface area contributed by atoms with Crippen molar-refractivity contribution in [1.82, 2.24) is 26.2 Å². The highest BCUT2D eigenvalue weighted by atomic mass is 16.5. The molecule has 0 radical (unpaired) electrons.